The van der Waals surface area contributed by atoms with Crippen molar-refractivity contribution in [1.82, 2.24) is 0 Å². The summed E-state index contributed by atoms with van der Waals surface area (Å²) in [6, 6.07) is 0. The molecule has 2 aliphatic heterocycles. The second-order valence-electron chi connectivity index (χ2n) is 6.22. The molecule has 2 rings (SSSR count). The van der Waals surface area contributed by atoms with Gasteiger partial charge in [-0.1, -0.05) is 6.08 Å². The van der Waals surface area contributed by atoms with Crippen LogP contribution in [0.25, 0.3) is 0 Å². The maximum atomic E-state index is 11.9. The van der Waals surface area contributed by atoms with Gasteiger partial charge in [-0.05, 0) is 0 Å². The largest absolute Gasteiger partial charge is 0.471 e. The van der Waals surface area contributed by atoms with Crippen LogP contribution in [0.5, 0.6) is 0 Å². The molecule has 10 nitrogen and oxygen atoms in total. The lowest BCUT2D eigenvalue weighted by Crippen LogP contribution is -2.60. The molecule has 0 saturated carbocycles. The Bertz CT molecular complexity index is 574. The van der Waals surface area contributed by atoms with E-state index in [0.29, 0.717) is 6.29 Å². The van der Waals surface area contributed by atoms with E-state index < -0.39 is 61.4 Å². The van der Waals surface area contributed by atoms with Crippen molar-refractivity contribution < 1.29 is 49.0 Å². The number of aldehydes is 1. The van der Waals surface area contributed by atoms with Gasteiger partial charge in [-0.15, -0.1) is 6.58 Å². The minimum absolute atomic E-state index is 0.0322. The summed E-state index contributed by atoms with van der Waals surface area (Å²) in [5.41, 5.74) is 0.128. The van der Waals surface area contributed by atoms with Gasteiger partial charge in [0, 0.05) is 18.3 Å². The first-order chi connectivity index (χ1) is 12.9. The first-order valence-electron chi connectivity index (χ1n) is 8.35. The Labute approximate surface area is 155 Å². The summed E-state index contributed by atoms with van der Waals surface area (Å²) in [6.45, 7) is 3.06. The quantitative estimate of drug-likeness (QED) is 0.224. The lowest BCUT2D eigenvalue weighted by molar-refractivity contribution is -0.339. The number of methoxy groups -OCH3 is 1. The van der Waals surface area contributed by atoms with E-state index in [4.69, 9.17) is 14.2 Å². The van der Waals surface area contributed by atoms with Crippen LogP contribution in [0.3, 0.4) is 0 Å². The van der Waals surface area contributed by atoms with E-state index in [1.54, 1.807) is 0 Å². The van der Waals surface area contributed by atoms with Gasteiger partial charge in [0.1, 0.15) is 30.7 Å². The summed E-state index contributed by atoms with van der Waals surface area (Å²) in [6.07, 6.45) is -5.31. The second kappa shape index (κ2) is 9.40. The summed E-state index contributed by atoms with van der Waals surface area (Å²) in [5.74, 6) is -1.99. The Kier molecular flexibility index (Phi) is 7.48. The van der Waals surface area contributed by atoms with E-state index in [2.05, 4.69) is 11.3 Å². The minimum Gasteiger partial charge on any atom is -0.471 e. The fourth-order valence-corrected chi connectivity index (χ4v) is 3.13. The molecule has 4 N–H and O–H groups in total. The molecule has 27 heavy (non-hydrogen) atoms. The van der Waals surface area contributed by atoms with Gasteiger partial charge in [-0.25, -0.2) is 4.79 Å². The number of hydrogen-bond acceptors (Lipinski definition) is 10. The summed E-state index contributed by atoms with van der Waals surface area (Å²) >= 11 is 0. The molecule has 0 aromatic rings. The Morgan fingerprint density at radius 1 is 1.26 bits per heavy atom. The topological polar surface area (TPSA) is 152 Å². The highest BCUT2D eigenvalue weighted by Crippen LogP contribution is 2.36. The molecule has 0 radical (unpaired) electrons. The fraction of sp³-hybridized carbons (Fsp3) is 0.647. The average Bonchev–Trinajstić information content (AvgIpc) is 2.68. The smallest absolute Gasteiger partial charge is 0.337 e. The van der Waals surface area contributed by atoms with Crippen molar-refractivity contribution in [2.24, 2.45) is 11.8 Å². The minimum atomic E-state index is -1.62. The van der Waals surface area contributed by atoms with Crippen LogP contribution < -0.4 is 0 Å². The zero-order valence-electron chi connectivity index (χ0n) is 14.7. The molecule has 2 heterocycles. The van der Waals surface area contributed by atoms with E-state index >= 15 is 0 Å². The predicted octanol–water partition coefficient (Wildman–Crippen LogP) is -1.78. The normalized spacial score (nSPS) is 39.1. The number of hydrogen-bond donors (Lipinski definition) is 4. The molecule has 1 fully saturated rings. The van der Waals surface area contributed by atoms with Crippen LogP contribution in [0.4, 0.5) is 0 Å². The maximum absolute atomic E-state index is 11.9. The van der Waals surface area contributed by atoms with Crippen LogP contribution in [0.2, 0.25) is 0 Å². The Balaban J connectivity index is 2.22. The third kappa shape index (κ3) is 4.37. The van der Waals surface area contributed by atoms with Gasteiger partial charge in [0.25, 0.3) is 0 Å². The molecule has 2 aliphatic rings. The van der Waals surface area contributed by atoms with Crippen LogP contribution in [0.15, 0.2) is 24.5 Å². The highest BCUT2D eigenvalue weighted by Gasteiger charge is 2.47. The first kappa shape index (κ1) is 21.5. The standard InChI is InChI=1S/C17H24O10/c1-3-8-9(4-5-18)10(15(23)24-2)7-25-16(8)27-17-14(22)13(21)12(20)11(6-19)26-17/h3,5,7-9,11-14,16-17,19-22H,1,4,6H2,2H3/t8?,9?,11-,12-,13-,14-,16?,17+/m1/s1. The fourth-order valence-electron chi connectivity index (χ4n) is 3.13. The van der Waals surface area contributed by atoms with Gasteiger partial charge in [0.15, 0.2) is 6.29 Å². The number of aliphatic hydroxyl groups is 4. The summed E-state index contributed by atoms with van der Waals surface area (Å²) in [7, 11) is 1.20. The second-order valence-corrected chi connectivity index (χ2v) is 6.22. The van der Waals surface area contributed by atoms with Crippen molar-refractivity contribution in [3.05, 3.63) is 24.5 Å². The molecule has 3 unspecified atom stereocenters. The highest BCUT2D eigenvalue weighted by atomic mass is 16.8. The van der Waals surface area contributed by atoms with Gasteiger partial charge < -0.3 is 44.2 Å². The maximum Gasteiger partial charge on any atom is 0.337 e. The highest BCUT2D eigenvalue weighted by molar-refractivity contribution is 5.89. The van der Waals surface area contributed by atoms with Crippen LogP contribution in [0.1, 0.15) is 6.42 Å². The molecular weight excluding hydrogens is 364 g/mol. The van der Waals surface area contributed by atoms with Gasteiger partial charge >= 0.3 is 5.97 Å². The summed E-state index contributed by atoms with van der Waals surface area (Å²) in [5, 5.41) is 39.0. The van der Waals surface area contributed by atoms with Crippen molar-refractivity contribution in [3.63, 3.8) is 0 Å². The molecular formula is C17H24O10. The van der Waals surface area contributed by atoms with E-state index in [9.17, 15) is 30.0 Å². The number of esters is 1. The average molecular weight is 388 g/mol. The number of carbonyl (C=O) groups is 2. The van der Waals surface area contributed by atoms with E-state index in [1.165, 1.54) is 13.2 Å². The van der Waals surface area contributed by atoms with E-state index in [1.807, 2.05) is 0 Å². The predicted molar refractivity (Wildman–Crippen MR) is 87.7 cm³/mol. The molecule has 0 spiro atoms. The molecule has 0 aliphatic carbocycles. The molecule has 1 saturated heterocycles. The van der Waals surface area contributed by atoms with Crippen molar-refractivity contribution >= 4 is 12.3 Å². The van der Waals surface area contributed by atoms with Gasteiger partial charge in [-0.3, -0.25) is 0 Å². The Morgan fingerprint density at radius 3 is 2.52 bits per heavy atom. The van der Waals surface area contributed by atoms with Crippen molar-refractivity contribution in [3.8, 4) is 0 Å². The molecule has 8 atom stereocenters. The third-order valence-corrected chi connectivity index (χ3v) is 4.67. The van der Waals surface area contributed by atoms with Crippen molar-refractivity contribution in [2.45, 2.75) is 43.4 Å². The Hall–Kier alpha value is -1.82. The molecule has 0 aromatic carbocycles. The van der Waals surface area contributed by atoms with E-state index in [0.717, 1.165) is 6.26 Å². The van der Waals surface area contributed by atoms with Crippen molar-refractivity contribution in [2.75, 3.05) is 13.7 Å². The van der Waals surface area contributed by atoms with Crippen LogP contribution in [0, 0.1) is 11.8 Å². The summed E-state index contributed by atoms with van der Waals surface area (Å²) < 4.78 is 21.0. The number of aliphatic hydroxyl groups excluding tert-OH is 4. The zero-order valence-corrected chi connectivity index (χ0v) is 14.7. The lowest BCUT2D eigenvalue weighted by Gasteiger charge is -2.42. The molecule has 152 valence electrons. The van der Waals surface area contributed by atoms with Crippen LogP contribution in [-0.2, 0) is 28.5 Å². The Morgan fingerprint density at radius 2 is 1.96 bits per heavy atom. The number of rotatable bonds is 7. The van der Waals surface area contributed by atoms with E-state index in [-0.39, 0.29) is 12.0 Å². The van der Waals surface area contributed by atoms with Gasteiger partial charge in [0.05, 0.1) is 25.6 Å². The van der Waals surface area contributed by atoms with Gasteiger partial charge in [0.2, 0.25) is 6.29 Å². The molecule has 0 amide bonds. The lowest BCUT2D eigenvalue weighted by atomic mass is 9.82. The zero-order chi connectivity index (χ0) is 20.1. The van der Waals surface area contributed by atoms with Crippen molar-refractivity contribution in [1.29, 1.82) is 0 Å². The molecule has 0 bridgehead atoms. The molecule has 0 aromatic heterocycles. The molecule has 10 heteroatoms. The number of ether oxygens (including phenoxy) is 4. The van der Waals surface area contributed by atoms with Crippen LogP contribution in [-0.4, -0.2) is 83.4 Å². The van der Waals surface area contributed by atoms with Crippen LogP contribution >= 0.6 is 0 Å². The van der Waals surface area contributed by atoms with Gasteiger partial charge in [-0.2, -0.15) is 0 Å². The SMILES string of the molecule is C=CC1C(O[C@@H]2O[C@H](CO)[C@@H](O)[C@@H](O)[C@H]2O)OC=C(C(=O)OC)C1CC=O. The third-order valence-electron chi connectivity index (χ3n) is 4.67. The number of carbonyl (C=O) groups excluding carboxylic acids is 2. The first-order valence-corrected chi connectivity index (χ1v) is 8.35. The summed E-state index contributed by atoms with van der Waals surface area (Å²) in [4.78, 5) is 23.0. The monoisotopic (exact) mass is 388 g/mol.